The summed E-state index contributed by atoms with van der Waals surface area (Å²) in [6.45, 7) is -2.95. The SMILES string of the molecule is OC(c1ccccc1OC(F)F)c1occc1Br. The predicted molar refractivity (Wildman–Crippen MR) is 63.5 cm³/mol. The number of benzene rings is 1. The number of aliphatic hydroxyl groups excluding tert-OH is 1. The Morgan fingerprint density at radius 2 is 1.94 bits per heavy atom. The molecule has 0 aliphatic heterocycles. The zero-order chi connectivity index (χ0) is 13.1. The van der Waals surface area contributed by atoms with Crippen LogP contribution in [0.4, 0.5) is 8.78 Å². The van der Waals surface area contributed by atoms with Crippen molar-refractivity contribution in [3.63, 3.8) is 0 Å². The zero-order valence-electron chi connectivity index (χ0n) is 9.02. The second-order valence-corrected chi connectivity index (χ2v) is 4.31. The van der Waals surface area contributed by atoms with Gasteiger partial charge in [-0.05, 0) is 28.1 Å². The average molecular weight is 319 g/mol. The lowest BCUT2D eigenvalue weighted by atomic mass is 10.1. The van der Waals surface area contributed by atoms with Gasteiger partial charge in [-0.25, -0.2) is 0 Å². The molecule has 96 valence electrons. The molecule has 18 heavy (non-hydrogen) atoms. The summed E-state index contributed by atoms with van der Waals surface area (Å²) in [6, 6.07) is 7.63. The smallest absolute Gasteiger partial charge is 0.387 e. The van der Waals surface area contributed by atoms with E-state index in [-0.39, 0.29) is 17.1 Å². The topological polar surface area (TPSA) is 42.6 Å². The number of halogens is 3. The number of alkyl halides is 2. The summed E-state index contributed by atoms with van der Waals surface area (Å²) in [5.74, 6) is 0.156. The minimum Gasteiger partial charge on any atom is -0.465 e. The molecule has 0 saturated carbocycles. The maximum atomic E-state index is 12.2. The van der Waals surface area contributed by atoms with Crippen molar-refractivity contribution < 1.29 is 23.0 Å². The van der Waals surface area contributed by atoms with Crippen molar-refractivity contribution in [3.8, 4) is 5.75 Å². The molecule has 0 spiro atoms. The van der Waals surface area contributed by atoms with Crippen molar-refractivity contribution in [1.29, 1.82) is 0 Å². The molecule has 2 aromatic rings. The average Bonchev–Trinajstić information content (AvgIpc) is 2.74. The van der Waals surface area contributed by atoms with E-state index in [2.05, 4.69) is 20.7 Å². The van der Waals surface area contributed by atoms with E-state index in [9.17, 15) is 13.9 Å². The van der Waals surface area contributed by atoms with Crippen LogP contribution in [0.1, 0.15) is 17.4 Å². The van der Waals surface area contributed by atoms with Crippen molar-refractivity contribution >= 4 is 15.9 Å². The highest BCUT2D eigenvalue weighted by Crippen LogP contribution is 2.34. The van der Waals surface area contributed by atoms with Gasteiger partial charge in [0, 0.05) is 5.56 Å². The van der Waals surface area contributed by atoms with Crippen molar-refractivity contribution in [2.75, 3.05) is 0 Å². The summed E-state index contributed by atoms with van der Waals surface area (Å²) in [7, 11) is 0. The first-order valence-electron chi connectivity index (χ1n) is 5.04. The van der Waals surface area contributed by atoms with Gasteiger partial charge in [-0.2, -0.15) is 8.78 Å². The molecule has 0 bridgehead atoms. The van der Waals surface area contributed by atoms with E-state index in [1.165, 1.54) is 18.4 Å². The Bertz CT molecular complexity index is 528. The fourth-order valence-corrected chi connectivity index (χ4v) is 1.97. The summed E-state index contributed by atoms with van der Waals surface area (Å²) in [5, 5.41) is 10.1. The van der Waals surface area contributed by atoms with Crippen LogP contribution in [0, 0.1) is 0 Å². The van der Waals surface area contributed by atoms with Gasteiger partial charge in [0.25, 0.3) is 0 Å². The first-order valence-corrected chi connectivity index (χ1v) is 5.83. The molecule has 0 fully saturated rings. The summed E-state index contributed by atoms with van der Waals surface area (Å²) in [5.41, 5.74) is 0.216. The maximum Gasteiger partial charge on any atom is 0.387 e. The van der Waals surface area contributed by atoms with Crippen molar-refractivity contribution in [2.45, 2.75) is 12.7 Å². The number of aliphatic hydroxyl groups is 1. The molecule has 3 nitrogen and oxygen atoms in total. The number of ether oxygens (including phenoxy) is 1. The van der Waals surface area contributed by atoms with E-state index in [4.69, 9.17) is 4.42 Å². The van der Waals surface area contributed by atoms with Crippen LogP contribution in [0.25, 0.3) is 0 Å². The van der Waals surface area contributed by atoms with Gasteiger partial charge in [-0.15, -0.1) is 0 Å². The van der Waals surface area contributed by atoms with Crippen LogP contribution >= 0.6 is 15.9 Å². The molecule has 1 aromatic carbocycles. The molecule has 1 unspecified atom stereocenters. The first-order chi connectivity index (χ1) is 8.59. The summed E-state index contributed by atoms with van der Waals surface area (Å²) >= 11 is 3.20. The molecule has 1 heterocycles. The van der Waals surface area contributed by atoms with Crippen LogP contribution in [0.3, 0.4) is 0 Å². The normalized spacial score (nSPS) is 12.7. The highest BCUT2D eigenvalue weighted by Gasteiger charge is 2.21. The Morgan fingerprint density at radius 1 is 1.22 bits per heavy atom. The van der Waals surface area contributed by atoms with Crippen LogP contribution < -0.4 is 4.74 Å². The summed E-state index contributed by atoms with van der Waals surface area (Å²) < 4.78 is 34.5. The van der Waals surface area contributed by atoms with Gasteiger partial charge in [0.15, 0.2) is 5.76 Å². The van der Waals surface area contributed by atoms with Gasteiger partial charge in [0.2, 0.25) is 0 Å². The molecule has 0 radical (unpaired) electrons. The third-order valence-electron chi connectivity index (χ3n) is 2.32. The van der Waals surface area contributed by atoms with Crippen LogP contribution in [0.2, 0.25) is 0 Å². The lowest BCUT2D eigenvalue weighted by molar-refractivity contribution is -0.0514. The van der Waals surface area contributed by atoms with E-state index in [0.29, 0.717) is 4.47 Å². The number of hydrogen-bond donors (Lipinski definition) is 1. The zero-order valence-corrected chi connectivity index (χ0v) is 10.6. The van der Waals surface area contributed by atoms with Gasteiger partial charge in [0.05, 0.1) is 10.7 Å². The number of furan rings is 1. The van der Waals surface area contributed by atoms with Crippen LogP contribution in [0.5, 0.6) is 5.75 Å². The summed E-state index contributed by atoms with van der Waals surface area (Å²) in [4.78, 5) is 0. The van der Waals surface area contributed by atoms with Gasteiger partial charge in [0.1, 0.15) is 11.9 Å². The highest BCUT2D eigenvalue weighted by atomic mass is 79.9. The van der Waals surface area contributed by atoms with Crippen molar-refractivity contribution in [3.05, 3.63) is 52.4 Å². The monoisotopic (exact) mass is 318 g/mol. The van der Waals surface area contributed by atoms with Gasteiger partial charge >= 0.3 is 6.61 Å². The number of hydrogen-bond acceptors (Lipinski definition) is 3. The molecular weight excluding hydrogens is 310 g/mol. The molecule has 1 atom stereocenters. The Labute approximate surface area is 110 Å². The van der Waals surface area contributed by atoms with Gasteiger partial charge in [-0.1, -0.05) is 18.2 Å². The highest BCUT2D eigenvalue weighted by molar-refractivity contribution is 9.10. The Balaban J connectivity index is 2.36. The second kappa shape index (κ2) is 5.49. The minimum atomic E-state index is -2.95. The quantitative estimate of drug-likeness (QED) is 0.934. The standard InChI is InChI=1S/C12H9BrF2O3/c13-8-5-6-17-11(8)10(16)7-3-1-2-4-9(7)18-12(14)15/h1-6,10,12,16H. The van der Waals surface area contributed by atoms with E-state index in [0.717, 1.165) is 0 Å². The van der Waals surface area contributed by atoms with Crippen molar-refractivity contribution in [1.82, 2.24) is 0 Å². The summed E-state index contributed by atoms with van der Waals surface area (Å²) in [6.07, 6.45) is 0.212. The Hall–Kier alpha value is -1.40. The van der Waals surface area contributed by atoms with Gasteiger partial charge in [-0.3, -0.25) is 0 Å². The Kier molecular flexibility index (Phi) is 3.98. The molecule has 1 N–H and O–H groups in total. The molecule has 0 amide bonds. The molecule has 1 aromatic heterocycles. The predicted octanol–water partition coefficient (Wildman–Crippen LogP) is 3.73. The second-order valence-electron chi connectivity index (χ2n) is 3.45. The fraction of sp³-hybridized carbons (Fsp3) is 0.167. The lowest BCUT2D eigenvalue weighted by Crippen LogP contribution is -2.07. The third kappa shape index (κ3) is 2.70. The maximum absolute atomic E-state index is 12.2. The van der Waals surface area contributed by atoms with Crippen molar-refractivity contribution in [2.24, 2.45) is 0 Å². The third-order valence-corrected chi connectivity index (χ3v) is 2.98. The van der Waals surface area contributed by atoms with E-state index in [1.54, 1.807) is 18.2 Å². The van der Waals surface area contributed by atoms with E-state index < -0.39 is 12.7 Å². The molecule has 0 saturated heterocycles. The van der Waals surface area contributed by atoms with E-state index >= 15 is 0 Å². The molecule has 6 heteroatoms. The molecular formula is C12H9BrF2O3. The minimum absolute atomic E-state index is 0.0803. The van der Waals surface area contributed by atoms with Crippen LogP contribution in [-0.4, -0.2) is 11.7 Å². The van der Waals surface area contributed by atoms with Crippen LogP contribution in [-0.2, 0) is 0 Å². The van der Waals surface area contributed by atoms with Crippen LogP contribution in [0.15, 0.2) is 45.5 Å². The van der Waals surface area contributed by atoms with E-state index in [1.807, 2.05) is 0 Å². The fourth-order valence-electron chi connectivity index (χ4n) is 1.55. The molecule has 0 aliphatic carbocycles. The molecule has 0 aliphatic rings. The lowest BCUT2D eigenvalue weighted by Gasteiger charge is -2.14. The number of rotatable bonds is 4. The van der Waals surface area contributed by atoms with Gasteiger partial charge < -0.3 is 14.3 Å². The molecule has 2 rings (SSSR count). The Morgan fingerprint density at radius 3 is 2.56 bits per heavy atom. The largest absolute Gasteiger partial charge is 0.465 e. The number of para-hydroxylation sites is 1. The first kappa shape index (κ1) is 13.0.